The summed E-state index contributed by atoms with van der Waals surface area (Å²) in [6, 6.07) is -2.91. The Labute approximate surface area is 695 Å². The van der Waals surface area contributed by atoms with Crippen LogP contribution in [0.25, 0.3) is 10.4 Å². The smallest absolute Gasteiger partial charge is 0.222 e. The molecule has 3 aliphatic heterocycles. The van der Waals surface area contributed by atoms with Gasteiger partial charge in [0, 0.05) is 134 Å². The van der Waals surface area contributed by atoms with E-state index < -0.39 is 138 Å². The molecular weight excluding hydrogens is 1610 g/mol. The van der Waals surface area contributed by atoms with Crippen LogP contribution in [0, 0.1) is 0 Å². The Morgan fingerprint density at radius 3 is 0.889 bits per heavy atom. The number of carbonyl (C=O) groups is 10. The van der Waals surface area contributed by atoms with Crippen LogP contribution in [-0.4, -0.2) is 375 Å². The standard InChI is InChI=1S/C72H129N13O29S3/c1-47(89)81-60-66(102)63(99)50(41-86)112-69(60)115-38-17-56(95)77-23-10-4-7-20-74-53(92)13-28-109-44-72(84-59(98)16-27-105-32-34-107-36-37-108-35-33-106-31-26-80-85-73,45-110-29-14-54(93)75-21-8-5-11-24-78-57(96)18-39-116-70-61(82-48(2)90)67(103)64(100)51(42-87)113-70)46-111-30-15-55(94)76-22-9-6-12-25-79-58(97)19-40-117-71-62(83-49(3)91)68(104)65(101)52(43-88)114-71/h50-52,60-71,86-88,99-104H,4-46H2,1-3H3,(H,74,92)(H,75,93)(H,76,94)(H,77,95)(H,78,96)(H,79,97)(H,81,89)(H,82,90)(H,83,91)(H,84,98)/t50-,51-,52-,60-,61-,62-,63+,64+,65+,66-,67-,68-,69+,70+,71+/m1/s1. The maximum Gasteiger partial charge on any atom is 0.222 e. The molecule has 19 N–H and O–H groups in total. The number of amides is 10. The van der Waals surface area contributed by atoms with Gasteiger partial charge >= 0.3 is 0 Å². The largest absolute Gasteiger partial charge is 0.394 e. The molecule has 42 nitrogen and oxygen atoms in total. The maximum absolute atomic E-state index is 13.9. The van der Waals surface area contributed by atoms with Crippen LogP contribution < -0.4 is 53.2 Å². The summed E-state index contributed by atoms with van der Waals surface area (Å²) in [6.45, 7) is 4.97. The zero-order valence-corrected chi connectivity index (χ0v) is 69.8. The highest BCUT2D eigenvalue weighted by molar-refractivity contribution is 8.00. The van der Waals surface area contributed by atoms with Crippen LogP contribution >= 0.6 is 35.3 Å². The number of nitrogens with zero attached hydrogens (tertiary/aromatic N) is 3. The van der Waals surface area contributed by atoms with Gasteiger partial charge < -0.3 is 146 Å². The number of aliphatic hydroxyl groups excluding tert-OH is 9. The van der Waals surface area contributed by atoms with Gasteiger partial charge in [0.1, 0.15) is 76.8 Å². The van der Waals surface area contributed by atoms with Crippen LogP contribution in [0.5, 0.6) is 0 Å². The van der Waals surface area contributed by atoms with Crippen molar-refractivity contribution in [2.45, 2.75) is 218 Å². The van der Waals surface area contributed by atoms with E-state index in [0.29, 0.717) is 110 Å². The molecule has 45 heteroatoms. The molecule has 0 radical (unpaired) electrons. The molecule has 0 unspecified atom stereocenters. The summed E-state index contributed by atoms with van der Waals surface area (Å²) in [6.07, 6.45) is -6.32. The lowest BCUT2D eigenvalue weighted by atomic mass is 9.98. The summed E-state index contributed by atoms with van der Waals surface area (Å²) in [5.41, 5.74) is 4.43. The van der Waals surface area contributed by atoms with Crippen molar-refractivity contribution in [2.75, 3.05) is 175 Å². The monoisotopic (exact) mass is 1740 g/mol. The lowest BCUT2D eigenvalue weighted by molar-refractivity contribution is -0.173. The Morgan fingerprint density at radius 2 is 0.615 bits per heavy atom. The van der Waals surface area contributed by atoms with Gasteiger partial charge in [0.2, 0.25) is 59.1 Å². The second-order valence-electron chi connectivity index (χ2n) is 27.8. The zero-order valence-electron chi connectivity index (χ0n) is 67.3. The van der Waals surface area contributed by atoms with Crippen LogP contribution in [0.15, 0.2) is 5.11 Å². The predicted molar refractivity (Wildman–Crippen MR) is 426 cm³/mol. The summed E-state index contributed by atoms with van der Waals surface area (Å²) in [5.74, 6) is -2.85. The summed E-state index contributed by atoms with van der Waals surface area (Å²) in [5, 5.41) is 123. The van der Waals surface area contributed by atoms with Gasteiger partial charge in [-0.3, -0.25) is 47.9 Å². The molecule has 3 heterocycles. The molecule has 0 bridgehead atoms. The fraction of sp³-hybridized carbons (Fsp3) is 0.861. The molecule has 15 atom stereocenters. The van der Waals surface area contributed by atoms with Gasteiger partial charge in [0.05, 0.1) is 130 Å². The number of thioether (sulfide) groups is 3. The van der Waals surface area contributed by atoms with Crippen molar-refractivity contribution in [1.82, 2.24) is 53.2 Å². The second-order valence-corrected chi connectivity index (χ2v) is 31.5. The quantitative estimate of drug-likeness (QED) is 0.0118. The first-order valence-electron chi connectivity index (χ1n) is 39.8. The number of azide groups is 1. The fourth-order valence-corrected chi connectivity index (χ4v) is 15.4. The van der Waals surface area contributed by atoms with Gasteiger partial charge in [-0.2, -0.15) is 0 Å². The number of unbranched alkanes of at least 4 members (excludes halogenated alkanes) is 6. The summed E-state index contributed by atoms with van der Waals surface area (Å²) in [7, 11) is 0. The average Bonchev–Trinajstić information content (AvgIpc) is 0.819. The SMILES string of the molecule is CC(=O)N[C@@H]1[C@@H](O)[C@@H](O)[C@@H](CO)O[C@H]1SCCC(=O)NCCCCCNC(=O)CCOCC(COCCC(=O)NCCCCCNC(=O)CCS[C@@H]1O[C@H](CO)[C@H](O)[C@H](O)[C@H]1NC(C)=O)(COCCC(=O)NCCCCCNC(=O)CCS[C@@H]1O[C@H](CO)[C@H](O)[C@H](O)[C@H]1NC(C)=O)NC(=O)CCOCCOCCOCCOCCN=[N+]=[N-]. The van der Waals surface area contributed by atoms with Crippen molar-refractivity contribution in [3.63, 3.8) is 0 Å². The predicted octanol–water partition coefficient (Wildman–Crippen LogP) is -4.76. The lowest BCUT2D eigenvalue weighted by Crippen LogP contribution is -2.63. The lowest BCUT2D eigenvalue weighted by Gasteiger charge is -2.42. The summed E-state index contributed by atoms with van der Waals surface area (Å²) >= 11 is 3.46. The van der Waals surface area contributed by atoms with Crippen LogP contribution in [0.1, 0.15) is 124 Å². The van der Waals surface area contributed by atoms with Crippen molar-refractivity contribution in [3.05, 3.63) is 10.4 Å². The second kappa shape index (κ2) is 64.2. The normalized spacial score (nSPS) is 23.1. The fourth-order valence-electron chi connectivity index (χ4n) is 11.8. The minimum absolute atomic E-state index is 0.0240. The van der Waals surface area contributed by atoms with Crippen molar-refractivity contribution < 1.29 is 141 Å². The number of carbonyl (C=O) groups excluding carboxylic acids is 10. The molecule has 0 aromatic carbocycles. The molecule has 0 spiro atoms. The van der Waals surface area contributed by atoms with Crippen molar-refractivity contribution in [3.8, 4) is 0 Å². The van der Waals surface area contributed by atoms with Gasteiger partial charge in [-0.05, 0) is 63.3 Å². The Morgan fingerprint density at radius 1 is 0.359 bits per heavy atom. The van der Waals surface area contributed by atoms with E-state index >= 15 is 0 Å². The van der Waals surface area contributed by atoms with E-state index in [-0.39, 0.29) is 183 Å². The molecule has 0 aliphatic carbocycles. The molecule has 3 aliphatic rings. The Hall–Kier alpha value is -5.70. The van der Waals surface area contributed by atoms with Crippen LogP contribution in [0.4, 0.5) is 0 Å². The van der Waals surface area contributed by atoms with E-state index in [1.54, 1.807) is 0 Å². The maximum atomic E-state index is 13.9. The topological polar surface area (TPSA) is 614 Å². The van der Waals surface area contributed by atoms with Crippen molar-refractivity contribution >= 4 is 94.4 Å². The number of nitrogens with one attached hydrogen (secondary N) is 10. The highest BCUT2D eigenvalue weighted by Crippen LogP contribution is 2.32. The first-order valence-corrected chi connectivity index (χ1v) is 42.9. The Balaban J connectivity index is 1.56. The van der Waals surface area contributed by atoms with E-state index in [2.05, 4.69) is 63.2 Å². The summed E-state index contributed by atoms with van der Waals surface area (Å²) < 4.78 is 57.4. The van der Waals surface area contributed by atoms with Gasteiger partial charge in [-0.15, -0.1) is 35.3 Å². The molecule has 117 heavy (non-hydrogen) atoms. The van der Waals surface area contributed by atoms with Gasteiger partial charge in [0.15, 0.2) is 0 Å². The first kappa shape index (κ1) is 105. The highest BCUT2D eigenvalue weighted by atomic mass is 32.2. The van der Waals surface area contributed by atoms with E-state index in [1.807, 2.05) is 0 Å². The van der Waals surface area contributed by atoms with Crippen LogP contribution in [0.2, 0.25) is 0 Å². The number of hydrogen-bond acceptors (Lipinski definition) is 33. The third-order valence-electron chi connectivity index (χ3n) is 18.0. The molecule has 3 fully saturated rings. The van der Waals surface area contributed by atoms with E-state index in [4.69, 9.17) is 52.9 Å². The molecular formula is C72H129N13O29S3. The minimum atomic E-state index is -1.45. The summed E-state index contributed by atoms with van der Waals surface area (Å²) in [4.78, 5) is 129. The number of rotatable bonds is 67. The molecule has 3 saturated heterocycles. The van der Waals surface area contributed by atoms with E-state index in [0.717, 1.165) is 35.3 Å². The molecule has 10 amide bonds. The molecule has 0 saturated carbocycles. The average molecular weight is 1740 g/mol. The zero-order chi connectivity index (χ0) is 86.0. The highest BCUT2D eigenvalue weighted by Gasteiger charge is 2.48. The van der Waals surface area contributed by atoms with E-state index in [1.165, 1.54) is 20.8 Å². The Bertz CT molecular complexity index is 2660. The number of ether oxygens (including phenoxy) is 10. The van der Waals surface area contributed by atoms with E-state index in [9.17, 15) is 93.9 Å². The Kier molecular flexibility index (Phi) is 57.9. The first-order chi connectivity index (χ1) is 56.3. The number of aliphatic hydroxyl groups is 9. The molecule has 674 valence electrons. The molecule has 0 aromatic heterocycles. The molecule has 3 rings (SSSR count). The number of hydrogen-bond donors (Lipinski definition) is 19. The van der Waals surface area contributed by atoms with Crippen molar-refractivity contribution in [2.24, 2.45) is 5.11 Å². The third-order valence-corrected chi connectivity index (χ3v) is 21.5. The third kappa shape index (κ3) is 46.8. The van der Waals surface area contributed by atoms with Gasteiger partial charge in [0.25, 0.3) is 0 Å². The van der Waals surface area contributed by atoms with Gasteiger partial charge in [-0.1, -0.05) is 5.11 Å². The minimum Gasteiger partial charge on any atom is -0.394 e. The van der Waals surface area contributed by atoms with Crippen LogP contribution in [0.3, 0.4) is 0 Å². The van der Waals surface area contributed by atoms with Crippen LogP contribution in [-0.2, 0) is 95.3 Å². The van der Waals surface area contributed by atoms with Crippen molar-refractivity contribution in [1.29, 1.82) is 0 Å². The van der Waals surface area contributed by atoms with Gasteiger partial charge in [-0.25, -0.2) is 0 Å². The molecule has 0 aromatic rings.